The SMILES string of the molecule is CNCCN(C)C(=O)N1CCc2ccc(C(=O)O)cc2C1. The maximum atomic E-state index is 12.3. The first-order valence-corrected chi connectivity index (χ1v) is 7.02. The van der Waals surface area contributed by atoms with Crippen molar-refractivity contribution >= 4 is 12.0 Å². The Morgan fingerprint density at radius 3 is 2.81 bits per heavy atom. The molecule has 1 aliphatic heterocycles. The lowest BCUT2D eigenvalue weighted by molar-refractivity contribution is 0.0696. The Morgan fingerprint density at radius 1 is 1.38 bits per heavy atom. The molecule has 1 aliphatic rings. The Labute approximate surface area is 124 Å². The van der Waals surface area contributed by atoms with E-state index in [0.29, 0.717) is 19.6 Å². The third-order valence-corrected chi connectivity index (χ3v) is 3.76. The summed E-state index contributed by atoms with van der Waals surface area (Å²) in [5.41, 5.74) is 2.32. The third kappa shape index (κ3) is 3.52. The van der Waals surface area contributed by atoms with Gasteiger partial charge in [-0.05, 0) is 36.7 Å². The number of nitrogens with zero attached hydrogens (tertiary/aromatic N) is 2. The monoisotopic (exact) mass is 291 g/mol. The van der Waals surface area contributed by atoms with Crippen LogP contribution < -0.4 is 5.32 Å². The van der Waals surface area contributed by atoms with Gasteiger partial charge in [-0.25, -0.2) is 9.59 Å². The number of carbonyl (C=O) groups is 2. The van der Waals surface area contributed by atoms with E-state index < -0.39 is 5.97 Å². The molecule has 0 saturated carbocycles. The first kappa shape index (κ1) is 15.3. The number of likely N-dealkylation sites (N-methyl/N-ethyl adjacent to an activating group) is 2. The quantitative estimate of drug-likeness (QED) is 0.868. The largest absolute Gasteiger partial charge is 0.478 e. The van der Waals surface area contributed by atoms with E-state index in [0.717, 1.165) is 24.1 Å². The fourth-order valence-corrected chi connectivity index (χ4v) is 2.47. The predicted molar refractivity (Wildman–Crippen MR) is 79.5 cm³/mol. The molecule has 2 rings (SSSR count). The maximum absolute atomic E-state index is 12.3. The minimum atomic E-state index is -0.938. The van der Waals surface area contributed by atoms with E-state index in [2.05, 4.69) is 5.32 Å². The van der Waals surface area contributed by atoms with Crippen molar-refractivity contribution in [2.24, 2.45) is 0 Å². The van der Waals surface area contributed by atoms with Crippen LogP contribution in [0.2, 0.25) is 0 Å². The molecule has 0 fully saturated rings. The van der Waals surface area contributed by atoms with E-state index >= 15 is 0 Å². The minimum Gasteiger partial charge on any atom is -0.478 e. The van der Waals surface area contributed by atoms with Crippen molar-refractivity contribution in [2.45, 2.75) is 13.0 Å². The molecule has 0 radical (unpaired) electrons. The van der Waals surface area contributed by atoms with Gasteiger partial charge in [-0.3, -0.25) is 0 Å². The summed E-state index contributed by atoms with van der Waals surface area (Å²) < 4.78 is 0. The van der Waals surface area contributed by atoms with Gasteiger partial charge in [0.05, 0.1) is 5.56 Å². The number of benzene rings is 1. The van der Waals surface area contributed by atoms with E-state index in [9.17, 15) is 9.59 Å². The maximum Gasteiger partial charge on any atom is 0.335 e. The fourth-order valence-electron chi connectivity index (χ4n) is 2.47. The zero-order chi connectivity index (χ0) is 15.4. The second kappa shape index (κ2) is 6.58. The first-order valence-electron chi connectivity index (χ1n) is 7.02. The van der Waals surface area contributed by atoms with Crippen LogP contribution in [-0.2, 0) is 13.0 Å². The highest BCUT2D eigenvalue weighted by atomic mass is 16.4. The number of hydrogen-bond acceptors (Lipinski definition) is 3. The Kier molecular flexibility index (Phi) is 4.80. The summed E-state index contributed by atoms with van der Waals surface area (Å²) in [6, 6.07) is 5.13. The summed E-state index contributed by atoms with van der Waals surface area (Å²) in [6.45, 7) is 2.53. The standard InChI is InChI=1S/C15H21N3O3/c1-16-6-8-17(2)15(21)18-7-5-11-3-4-12(14(19)20)9-13(11)10-18/h3-4,9,16H,5-8,10H2,1-2H3,(H,19,20). The van der Waals surface area contributed by atoms with E-state index in [1.54, 1.807) is 29.0 Å². The number of amides is 2. The van der Waals surface area contributed by atoms with Crippen molar-refractivity contribution < 1.29 is 14.7 Å². The summed E-state index contributed by atoms with van der Waals surface area (Å²) in [7, 11) is 3.63. The molecule has 2 amide bonds. The number of carboxylic acid groups (broad SMARTS) is 1. The molecule has 0 spiro atoms. The molecule has 1 aromatic carbocycles. The molecule has 21 heavy (non-hydrogen) atoms. The van der Waals surface area contributed by atoms with Gasteiger partial charge in [-0.15, -0.1) is 0 Å². The lowest BCUT2D eigenvalue weighted by atomic mass is 9.97. The average Bonchev–Trinajstić information content (AvgIpc) is 2.50. The summed E-state index contributed by atoms with van der Waals surface area (Å²) in [5, 5.41) is 12.1. The highest BCUT2D eigenvalue weighted by Gasteiger charge is 2.23. The molecule has 0 aliphatic carbocycles. The van der Waals surface area contributed by atoms with Crippen LogP contribution >= 0.6 is 0 Å². The Bertz CT molecular complexity index is 545. The van der Waals surface area contributed by atoms with Gasteiger partial charge in [0.2, 0.25) is 0 Å². The van der Waals surface area contributed by atoms with Crippen LogP contribution in [0.3, 0.4) is 0 Å². The van der Waals surface area contributed by atoms with Gasteiger partial charge in [0, 0.05) is 33.2 Å². The number of hydrogen-bond donors (Lipinski definition) is 2. The van der Waals surface area contributed by atoms with Crippen LogP contribution in [0.4, 0.5) is 4.79 Å². The number of aromatic carboxylic acids is 1. The fraction of sp³-hybridized carbons (Fsp3) is 0.467. The van der Waals surface area contributed by atoms with Crippen LogP contribution in [0.15, 0.2) is 18.2 Å². The Morgan fingerprint density at radius 2 is 2.14 bits per heavy atom. The van der Waals surface area contributed by atoms with Crippen LogP contribution in [0, 0.1) is 0 Å². The van der Waals surface area contributed by atoms with Crippen LogP contribution in [0.25, 0.3) is 0 Å². The summed E-state index contributed by atoms with van der Waals surface area (Å²) >= 11 is 0. The zero-order valence-electron chi connectivity index (χ0n) is 12.4. The van der Waals surface area contributed by atoms with Crippen LogP contribution in [-0.4, -0.2) is 60.6 Å². The van der Waals surface area contributed by atoms with Gasteiger partial charge in [-0.2, -0.15) is 0 Å². The molecule has 1 aromatic rings. The van der Waals surface area contributed by atoms with Gasteiger partial charge < -0.3 is 20.2 Å². The number of nitrogens with one attached hydrogen (secondary N) is 1. The van der Waals surface area contributed by atoms with Crippen molar-refractivity contribution in [1.82, 2.24) is 15.1 Å². The van der Waals surface area contributed by atoms with E-state index in [-0.39, 0.29) is 11.6 Å². The molecule has 0 unspecified atom stereocenters. The van der Waals surface area contributed by atoms with Gasteiger partial charge in [0.15, 0.2) is 0 Å². The molecule has 0 bridgehead atoms. The van der Waals surface area contributed by atoms with Crippen molar-refractivity contribution in [2.75, 3.05) is 33.7 Å². The second-order valence-electron chi connectivity index (χ2n) is 5.27. The molecule has 0 atom stereocenters. The third-order valence-electron chi connectivity index (χ3n) is 3.76. The lowest BCUT2D eigenvalue weighted by Gasteiger charge is -2.32. The number of carbonyl (C=O) groups excluding carboxylic acids is 1. The molecule has 1 heterocycles. The first-order chi connectivity index (χ1) is 10.0. The topological polar surface area (TPSA) is 72.9 Å². The van der Waals surface area contributed by atoms with Crippen molar-refractivity contribution in [3.05, 3.63) is 34.9 Å². The lowest BCUT2D eigenvalue weighted by Crippen LogP contribution is -2.45. The predicted octanol–water partition coefficient (Wildman–Crippen LogP) is 1.01. The summed E-state index contributed by atoms with van der Waals surface area (Å²) in [4.78, 5) is 26.8. The van der Waals surface area contributed by atoms with E-state index in [4.69, 9.17) is 5.11 Å². The zero-order valence-corrected chi connectivity index (χ0v) is 12.4. The van der Waals surface area contributed by atoms with Gasteiger partial charge in [0.25, 0.3) is 0 Å². The van der Waals surface area contributed by atoms with Gasteiger partial charge in [0.1, 0.15) is 0 Å². The Balaban J connectivity index is 2.09. The van der Waals surface area contributed by atoms with E-state index in [1.165, 1.54) is 0 Å². The number of rotatable bonds is 4. The highest BCUT2D eigenvalue weighted by Crippen LogP contribution is 2.21. The number of carboxylic acids is 1. The van der Waals surface area contributed by atoms with Crippen molar-refractivity contribution in [3.63, 3.8) is 0 Å². The van der Waals surface area contributed by atoms with Gasteiger partial charge in [-0.1, -0.05) is 6.07 Å². The molecule has 0 saturated heterocycles. The average molecular weight is 291 g/mol. The highest BCUT2D eigenvalue weighted by molar-refractivity contribution is 5.88. The number of fused-ring (bicyclic) bond motifs is 1. The smallest absolute Gasteiger partial charge is 0.335 e. The molecular formula is C15H21N3O3. The molecule has 0 aromatic heterocycles. The van der Waals surface area contributed by atoms with Crippen molar-refractivity contribution in [3.8, 4) is 0 Å². The molecule has 6 nitrogen and oxygen atoms in total. The van der Waals surface area contributed by atoms with Crippen molar-refractivity contribution in [1.29, 1.82) is 0 Å². The Hall–Kier alpha value is -2.08. The van der Waals surface area contributed by atoms with E-state index in [1.807, 2.05) is 13.1 Å². The van der Waals surface area contributed by atoms with Crippen LogP contribution in [0.5, 0.6) is 0 Å². The number of urea groups is 1. The summed E-state index contributed by atoms with van der Waals surface area (Å²) in [5.74, 6) is -0.938. The normalized spacial score (nSPS) is 13.7. The second-order valence-corrected chi connectivity index (χ2v) is 5.27. The molecule has 2 N–H and O–H groups in total. The van der Waals surface area contributed by atoms with Crippen LogP contribution in [0.1, 0.15) is 21.5 Å². The summed E-state index contributed by atoms with van der Waals surface area (Å²) in [6.07, 6.45) is 0.765. The minimum absolute atomic E-state index is 0.0170. The molecule has 114 valence electrons. The van der Waals surface area contributed by atoms with Gasteiger partial charge >= 0.3 is 12.0 Å². The molecule has 6 heteroatoms. The molecular weight excluding hydrogens is 270 g/mol.